The van der Waals surface area contributed by atoms with Crippen molar-refractivity contribution in [3.05, 3.63) is 59.7 Å². The van der Waals surface area contributed by atoms with Crippen LogP contribution in [0.1, 0.15) is 12.1 Å². The van der Waals surface area contributed by atoms with Crippen LogP contribution in [0.5, 0.6) is 0 Å². The molecule has 0 amide bonds. The number of aromatic nitrogens is 3. The number of fused-ring (bicyclic) bond motifs is 1. The molecule has 6 nitrogen and oxygen atoms in total. The fourth-order valence-corrected chi connectivity index (χ4v) is 3.31. The molecule has 1 aromatic carbocycles. The van der Waals surface area contributed by atoms with Gasteiger partial charge in [-0.3, -0.25) is 4.98 Å². The lowest BCUT2D eigenvalue weighted by molar-refractivity contribution is -0.0395. The van der Waals surface area contributed by atoms with Crippen molar-refractivity contribution in [1.82, 2.24) is 14.5 Å². The summed E-state index contributed by atoms with van der Waals surface area (Å²) in [5, 5.41) is 0. The first-order valence-corrected chi connectivity index (χ1v) is 8.64. The number of halogens is 3. The second kappa shape index (κ2) is 7.70. The Morgan fingerprint density at radius 1 is 1.25 bits per heavy atom. The molecule has 1 fully saturated rings. The molecule has 0 saturated carbocycles. The molecular weight excluding hydrogens is 386 g/mol. The summed E-state index contributed by atoms with van der Waals surface area (Å²) in [5.74, 6) is -2.25. The largest absolute Gasteiger partial charge is 0.340 e. The van der Waals surface area contributed by atoms with E-state index < -0.39 is 12.0 Å². The summed E-state index contributed by atoms with van der Waals surface area (Å²) in [7, 11) is 0. The Kier molecular flexibility index (Phi) is 5.49. The van der Waals surface area contributed by atoms with Crippen molar-refractivity contribution in [2.24, 2.45) is 5.73 Å². The lowest BCUT2D eigenvalue weighted by Crippen LogP contribution is -2.55. The van der Waals surface area contributed by atoms with Crippen LogP contribution in [0, 0.1) is 6.57 Å². The summed E-state index contributed by atoms with van der Waals surface area (Å²) >= 11 is 0. The first-order chi connectivity index (χ1) is 13.0. The maximum Gasteiger partial charge on any atom is 0.266 e. The lowest BCUT2D eigenvalue weighted by atomic mass is 10.0. The molecule has 3 heterocycles. The van der Waals surface area contributed by atoms with Crippen molar-refractivity contribution in [2.45, 2.75) is 24.9 Å². The van der Waals surface area contributed by atoms with Crippen molar-refractivity contribution in [3.8, 4) is 0 Å². The van der Waals surface area contributed by atoms with E-state index in [0.717, 1.165) is 16.7 Å². The Balaban J connectivity index is 0.00000225. The molecule has 4 rings (SSSR count). The first-order valence-electron chi connectivity index (χ1n) is 8.64. The van der Waals surface area contributed by atoms with E-state index in [2.05, 4.69) is 14.8 Å². The van der Waals surface area contributed by atoms with Gasteiger partial charge in [0, 0.05) is 25.7 Å². The molecule has 9 heteroatoms. The number of piperidine rings is 1. The molecule has 2 aromatic heterocycles. The highest BCUT2D eigenvalue weighted by Gasteiger charge is 2.42. The van der Waals surface area contributed by atoms with Crippen LogP contribution in [-0.4, -0.2) is 39.6 Å². The zero-order valence-corrected chi connectivity index (χ0v) is 15.7. The average molecular weight is 405 g/mol. The van der Waals surface area contributed by atoms with Gasteiger partial charge in [-0.25, -0.2) is 18.6 Å². The topological polar surface area (TPSA) is 64.3 Å². The Bertz CT molecular complexity index is 1010. The van der Waals surface area contributed by atoms with E-state index in [4.69, 9.17) is 12.3 Å². The van der Waals surface area contributed by atoms with Gasteiger partial charge in [0.2, 0.25) is 11.6 Å². The molecular formula is C19H19ClF2N6. The highest BCUT2D eigenvalue weighted by Crippen LogP contribution is 2.31. The van der Waals surface area contributed by atoms with E-state index in [9.17, 15) is 8.78 Å². The monoisotopic (exact) mass is 404 g/mol. The fraction of sp³-hybridized carbons (Fsp3) is 0.316. The van der Waals surface area contributed by atoms with Gasteiger partial charge in [0.15, 0.2) is 0 Å². The number of para-hydroxylation sites is 2. The van der Waals surface area contributed by atoms with Gasteiger partial charge in [-0.15, -0.1) is 12.4 Å². The molecule has 1 saturated heterocycles. The van der Waals surface area contributed by atoms with Crippen LogP contribution in [0.3, 0.4) is 0 Å². The predicted octanol–water partition coefficient (Wildman–Crippen LogP) is 3.62. The standard InChI is InChI=1S/C19H18F2N6.ClH/c1-23-13-6-7-14(24-10-13)11-27-16-5-3-2-4-15(16)25-18(27)26-9-8-19(20,21)17(22)12-26;/h2-7,10,17H,8-9,11-12,22H2;1H/t17-;/m1./s1. The fourth-order valence-electron chi connectivity index (χ4n) is 3.31. The molecule has 28 heavy (non-hydrogen) atoms. The molecule has 1 atom stereocenters. The van der Waals surface area contributed by atoms with E-state index in [-0.39, 0.29) is 31.9 Å². The molecule has 2 N–H and O–H groups in total. The molecule has 146 valence electrons. The summed E-state index contributed by atoms with van der Waals surface area (Å²) in [4.78, 5) is 14.2. The van der Waals surface area contributed by atoms with Gasteiger partial charge >= 0.3 is 0 Å². The highest BCUT2D eigenvalue weighted by atomic mass is 35.5. The molecule has 0 unspecified atom stereocenters. The number of pyridine rings is 1. The number of benzene rings is 1. The molecule has 0 spiro atoms. The zero-order chi connectivity index (χ0) is 19.0. The molecule has 0 aliphatic carbocycles. The predicted molar refractivity (Wildman–Crippen MR) is 106 cm³/mol. The van der Waals surface area contributed by atoms with Crippen molar-refractivity contribution >= 4 is 35.1 Å². The lowest BCUT2D eigenvalue weighted by Gasteiger charge is -2.37. The van der Waals surface area contributed by atoms with Crippen LogP contribution in [-0.2, 0) is 6.54 Å². The second-order valence-electron chi connectivity index (χ2n) is 6.67. The van der Waals surface area contributed by atoms with Crippen LogP contribution < -0.4 is 10.6 Å². The van der Waals surface area contributed by atoms with Gasteiger partial charge in [0.25, 0.3) is 5.92 Å². The number of nitrogens with zero attached hydrogens (tertiary/aromatic N) is 5. The summed E-state index contributed by atoms with van der Waals surface area (Å²) in [6.45, 7) is 7.68. The number of imidazole rings is 1. The summed E-state index contributed by atoms with van der Waals surface area (Å²) < 4.78 is 29.6. The van der Waals surface area contributed by atoms with Crippen molar-refractivity contribution in [1.29, 1.82) is 0 Å². The molecule has 0 radical (unpaired) electrons. The summed E-state index contributed by atoms with van der Waals surface area (Å²) in [5.41, 5.74) is 8.62. The maximum atomic E-state index is 13.8. The van der Waals surface area contributed by atoms with Crippen LogP contribution in [0.15, 0.2) is 42.6 Å². The third-order valence-corrected chi connectivity index (χ3v) is 4.85. The normalized spacial score (nSPS) is 18.5. The van der Waals surface area contributed by atoms with Gasteiger partial charge in [0.1, 0.15) is 0 Å². The minimum atomic E-state index is -2.86. The van der Waals surface area contributed by atoms with Crippen LogP contribution in [0.25, 0.3) is 15.9 Å². The number of anilines is 1. The van der Waals surface area contributed by atoms with Crippen molar-refractivity contribution in [2.75, 3.05) is 18.0 Å². The Hall–Kier alpha value is -2.76. The zero-order valence-electron chi connectivity index (χ0n) is 14.9. The summed E-state index contributed by atoms with van der Waals surface area (Å²) in [6.07, 6.45) is 1.23. The Morgan fingerprint density at radius 2 is 2.04 bits per heavy atom. The minimum Gasteiger partial charge on any atom is -0.340 e. The van der Waals surface area contributed by atoms with Gasteiger partial charge in [-0.05, 0) is 18.2 Å². The SMILES string of the molecule is Cl.[C-]#[N+]c1ccc(Cn2c(N3CCC(F)(F)[C@H](N)C3)nc3ccccc32)nc1. The van der Waals surface area contributed by atoms with Crippen LogP contribution in [0.4, 0.5) is 20.4 Å². The molecule has 0 bridgehead atoms. The Labute approximate surface area is 167 Å². The smallest absolute Gasteiger partial charge is 0.266 e. The Morgan fingerprint density at radius 3 is 2.71 bits per heavy atom. The second-order valence-corrected chi connectivity index (χ2v) is 6.67. The van der Waals surface area contributed by atoms with Crippen LogP contribution >= 0.6 is 12.4 Å². The van der Waals surface area contributed by atoms with Gasteiger partial charge < -0.3 is 15.2 Å². The minimum absolute atomic E-state index is 0. The number of hydrogen-bond acceptors (Lipinski definition) is 4. The van der Waals surface area contributed by atoms with E-state index in [1.807, 2.05) is 33.7 Å². The number of nitrogens with two attached hydrogens (primary N) is 1. The van der Waals surface area contributed by atoms with Crippen LogP contribution in [0.2, 0.25) is 0 Å². The van der Waals surface area contributed by atoms with E-state index in [1.54, 1.807) is 12.1 Å². The molecule has 1 aliphatic rings. The quantitative estimate of drug-likeness (QED) is 0.677. The van der Waals surface area contributed by atoms with Gasteiger partial charge in [0.05, 0.1) is 35.9 Å². The summed E-state index contributed by atoms with van der Waals surface area (Å²) in [6, 6.07) is 9.92. The van der Waals surface area contributed by atoms with E-state index >= 15 is 0 Å². The third-order valence-electron chi connectivity index (χ3n) is 4.85. The third kappa shape index (κ3) is 3.63. The molecule has 3 aromatic rings. The first kappa shape index (κ1) is 20.0. The number of alkyl halides is 2. The molecule has 1 aliphatic heterocycles. The van der Waals surface area contributed by atoms with Gasteiger partial charge in [-0.1, -0.05) is 18.2 Å². The maximum absolute atomic E-state index is 13.8. The van der Waals surface area contributed by atoms with Crippen molar-refractivity contribution in [3.63, 3.8) is 0 Å². The van der Waals surface area contributed by atoms with Gasteiger partial charge in [-0.2, -0.15) is 0 Å². The van der Waals surface area contributed by atoms with Crippen molar-refractivity contribution < 1.29 is 8.78 Å². The highest BCUT2D eigenvalue weighted by molar-refractivity contribution is 5.85. The average Bonchev–Trinajstić information content (AvgIpc) is 3.03. The van der Waals surface area contributed by atoms with E-state index in [1.165, 1.54) is 6.20 Å². The van der Waals surface area contributed by atoms with E-state index in [0.29, 0.717) is 18.2 Å². The number of hydrogen-bond donors (Lipinski definition) is 1. The number of rotatable bonds is 3.